The first-order valence-electron chi connectivity index (χ1n) is 11.2. The van der Waals surface area contributed by atoms with Crippen LogP contribution in [0.5, 0.6) is 5.75 Å². The summed E-state index contributed by atoms with van der Waals surface area (Å²) >= 11 is 0. The van der Waals surface area contributed by atoms with E-state index in [-0.39, 0.29) is 22.1 Å². The summed E-state index contributed by atoms with van der Waals surface area (Å²) in [5.74, 6) is 0.679. The van der Waals surface area contributed by atoms with E-state index in [0.29, 0.717) is 12.5 Å². The van der Waals surface area contributed by atoms with Gasteiger partial charge < -0.3 is 9.30 Å². The number of benzene rings is 2. The summed E-state index contributed by atoms with van der Waals surface area (Å²) in [6.45, 7) is 3.07. The fourth-order valence-corrected chi connectivity index (χ4v) is 6.17. The zero-order valence-corrected chi connectivity index (χ0v) is 19.6. The summed E-state index contributed by atoms with van der Waals surface area (Å²) in [6, 6.07) is 16.1. The number of nitrogens with zero attached hydrogens (tertiary/aromatic N) is 2. The van der Waals surface area contributed by atoms with Crippen LogP contribution in [0.1, 0.15) is 23.6 Å². The molecule has 9 heteroatoms. The minimum Gasteiger partial charge on any atom is -0.497 e. The van der Waals surface area contributed by atoms with E-state index in [1.165, 1.54) is 29.8 Å². The molecule has 2 bridgehead atoms. The second kappa shape index (κ2) is 8.88. The fraction of sp³-hybridized carbons (Fsp3) is 0.320. The monoisotopic (exact) mass is 483 g/mol. The third-order valence-electron chi connectivity index (χ3n) is 6.60. The van der Waals surface area contributed by atoms with E-state index >= 15 is 0 Å². The van der Waals surface area contributed by atoms with Gasteiger partial charge in [-0.3, -0.25) is 14.4 Å². The van der Waals surface area contributed by atoms with E-state index in [1.54, 1.807) is 11.7 Å². The number of fused-ring (bicyclic) bond motifs is 4. The van der Waals surface area contributed by atoms with E-state index in [9.17, 15) is 17.6 Å². The van der Waals surface area contributed by atoms with Gasteiger partial charge in [0.15, 0.2) is 0 Å². The maximum Gasteiger partial charge on any atom is 0.275 e. The summed E-state index contributed by atoms with van der Waals surface area (Å²) in [5.41, 5.74) is 1.74. The number of aromatic nitrogens is 1. The van der Waals surface area contributed by atoms with Crippen molar-refractivity contribution < 1.29 is 17.5 Å². The molecule has 34 heavy (non-hydrogen) atoms. The van der Waals surface area contributed by atoms with Gasteiger partial charge >= 0.3 is 0 Å². The fourth-order valence-electron chi connectivity index (χ4n) is 5.08. The maximum atomic E-state index is 13.5. The lowest BCUT2D eigenvalue weighted by atomic mass is 9.83. The average Bonchev–Trinajstić information content (AvgIpc) is 2.81. The number of halogens is 1. The summed E-state index contributed by atoms with van der Waals surface area (Å²) in [6.07, 6.45) is 1.01. The van der Waals surface area contributed by atoms with Crippen LogP contribution in [0.4, 0.5) is 10.1 Å². The number of piperidine rings is 1. The first-order chi connectivity index (χ1) is 16.3. The summed E-state index contributed by atoms with van der Waals surface area (Å²) < 4.78 is 48.2. The first-order valence-corrected chi connectivity index (χ1v) is 12.7. The van der Waals surface area contributed by atoms with Gasteiger partial charge in [-0.25, -0.2) is 12.8 Å². The maximum absolute atomic E-state index is 13.5. The lowest BCUT2D eigenvalue weighted by Gasteiger charge is -2.43. The van der Waals surface area contributed by atoms with Crippen molar-refractivity contribution in [2.75, 3.05) is 24.9 Å². The van der Waals surface area contributed by atoms with Crippen molar-refractivity contribution in [3.8, 4) is 5.75 Å². The molecular weight excluding hydrogens is 457 g/mol. The van der Waals surface area contributed by atoms with Gasteiger partial charge in [0.25, 0.3) is 15.6 Å². The number of pyridine rings is 1. The van der Waals surface area contributed by atoms with E-state index in [2.05, 4.69) is 21.8 Å². The van der Waals surface area contributed by atoms with Crippen molar-refractivity contribution >= 4 is 15.7 Å². The smallest absolute Gasteiger partial charge is 0.275 e. The summed E-state index contributed by atoms with van der Waals surface area (Å²) in [5, 5.41) is 0. The van der Waals surface area contributed by atoms with Crippen molar-refractivity contribution in [2.45, 2.75) is 30.3 Å². The van der Waals surface area contributed by atoms with Crippen LogP contribution < -0.4 is 15.0 Å². The average molecular weight is 484 g/mol. The molecule has 1 N–H and O–H groups in total. The van der Waals surface area contributed by atoms with Gasteiger partial charge in [-0.05, 0) is 60.4 Å². The van der Waals surface area contributed by atoms with Crippen LogP contribution >= 0.6 is 0 Å². The van der Waals surface area contributed by atoms with Crippen molar-refractivity contribution in [1.82, 2.24) is 9.47 Å². The van der Waals surface area contributed by atoms with Crippen molar-refractivity contribution in [3.63, 3.8) is 0 Å². The second-order valence-corrected chi connectivity index (χ2v) is 10.7. The molecular formula is C25H26FN3O4S. The van der Waals surface area contributed by atoms with Crippen LogP contribution in [0, 0.1) is 11.7 Å². The Kier molecular flexibility index (Phi) is 5.91. The predicted molar refractivity (Wildman–Crippen MR) is 127 cm³/mol. The standard InChI is InChI=1S/C25H26FN3O4S/c1-33-21-7-5-17(6-8-21)13-28-14-18-11-19(16-28)24-10-9-23(25(30)29(24)15-18)27-34(31,32)22-4-2-3-20(26)12-22/h2-10,12,18-19,27H,11,13-16H2,1H3/t18-,19+/m0/s1. The molecule has 0 unspecified atom stereocenters. The molecule has 2 aromatic carbocycles. The molecule has 2 aliphatic rings. The molecule has 3 heterocycles. The Hall–Kier alpha value is -3.17. The first kappa shape index (κ1) is 22.6. The van der Waals surface area contributed by atoms with Crippen molar-refractivity contribution in [3.05, 3.63) is 88.1 Å². The summed E-state index contributed by atoms with van der Waals surface area (Å²) in [4.78, 5) is 15.4. The summed E-state index contributed by atoms with van der Waals surface area (Å²) in [7, 11) is -2.42. The van der Waals surface area contributed by atoms with Gasteiger partial charge in [0.05, 0.1) is 12.0 Å². The molecule has 5 rings (SSSR count). The van der Waals surface area contributed by atoms with E-state index < -0.39 is 15.8 Å². The van der Waals surface area contributed by atoms with Gasteiger partial charge in [0.2, 0.25) is 0 Å². The molecule has 1 aromatic heterocycles. The number of hydrogen-bond donors (Lipinski definition) is 1. The third kappa shape index (κ3) is 4.45. The number of likely N-dealkylation sites (tertiary alicyclic amines) is 1. The van der Waals surface area contributed by atoms with Crippen LogP contribution in [-0.2, 0) is 23.1 Å². The highest BCUT2D eigenvalue weighted by molar-refractivity contribution is 7.92. The van der Waals surface area contributed by atoms with Crippen LogP contribution in [0.3, 0.4) is 0 Å². The van der Waals surface area contributed by atoms with Gasteiger partial charge in [-0.15, -0.1) is 0 Å². The normalized spacial score (nSPS) is 19.9. The molecule has 178 valence electrons. The number of methoxy groups -OCH3 is 1. The van der Waals surface area contributed by atoms with Crippen LogP contribution in [0.2, 0.25) is 0 Å². The third-order valence-corrected chi connectivity index (χ3v) is 7.96. The molecule has 2 atom stereocenters. The lowest BCUT2D eigenvalue weighted by molar-refractivity contribution is 0.114. The molecule has 0 spiro atoms. The van der Waals surface area contributed by atoms with E-state index in [0.717, 1.165) is 43.6 Å². The molecule has 0 aliphatic carbocycles. The number of ether oxygens (including phenoxy) is 1. The highest BCUT2D eigenvalue weighted by Gasteiger charge is 2.35. The Morgan fingerprint density at radius 2 is 1.85 bits per heavy atom. The van der Waals surface area contributed by atoms with Gasteiger partial charge in [0, 0.05) is 37.8 Å². The molecule has 0 saturated carbocycles. The second-order valence-electron chi connectivity index (χ2n) is 8.99. The molecule has 7 nitrogen and oxygen atoms in total. The predicted octanol–water partition coefficient (Wildman–Crippen LogP) is 3.42. The number of anilines is 1. The zero-order chi connectivity index (χ0) is 23.9. The topological polar surface area (TPSA) is 80.6 Å². The van der Waals surface area contributed by atoms with Gasteiger partial charge in [0.1, 0.15) is 17.3 Å². The SMILES string of the molecule is COc1ccc(CN2C[C@@H]3C[C@H](C2)c2ccc(NS(=O)(=O)c4cccc(F)c4)c(=O)n2C3)cc1. The van der Waals surface area contributed by atoms with E-state index in [1.807, 2.05) is 18.2 Å². The van der Waals surface area contributed by atoms with E-state index in [4.69, 9.17) is 4.74 Å². The molecule has 1 saturated heterocycles. The highest BCUT2D eigenvalue weighted by Crippen LogP contribution is 2.36. The lowest BCUT2D eigenvalue weighted by Crippen LogP contribution is -2.47. The van der Waals surface area contributed by atoms with Crippen LogP contribution in [0.25, 0.3) is 0 Å². The van der Waals surface area contributed by atoms with Crippen molar-refractivity contribution in [2.24, 2.45) is 5.92 Å². The Morgan fingerprint density at radius 1 is 1.06 bits per heavy atom. The number of hydrogen-bond acceptors (Lipinski definition) is 5. The van der Waals surface area contributed by atoms with Gasteiger partial charge in [-0.2, -0.15) is 0 Å². The molecule has 0 amide bonds. The largest absolute Gasteiger partial charge is 0.497 e. The molecule has 2 aliphatic heterocycles. The molecule has 3 aromatic rings. The van der Waals surface area contributed by atoms with Crippen LogP contribution in [0.15, 0.2) is 70.4 Å². The highest BCUT2D eigenvalue weighted by atomic mass is 32.2. The minimum atomic E-state index is -4.07. The van der Waals surface area contributed by atoms with Crippen LogP contribution in [-0.4, -0.2) is 38.1 Å². The Bertz CT molecular complexity index is 1370. The minimum absolute atomic E-state index is 0.0249. The van der Waals surface area contributed by atoms with Crippen molar-refractivity contribution in [1.29, 1.82) is 0 Å². The Morgan fingerprint density at radius 3 is 2.59 bits per heavy atom. The van der Waals surface area contributed by atoms with Gasteiger partial charge in [-0.1, -0.05) is 18.2 Å². The Balaban J connectivity index is 1.36. The number of sulfonamides is 1. The molecule has 0 radical (unpaired) electrons. The Labute approximate surface area is 197 Å². The molecule has 1 fully saturated rings. The number of rotatable bonds is 6. The number of nitrogens with one attached hydrogen (secondary N) is 1. The quantitative estimate of drug-likeness (QED) is 0.581. The zero-order valence-electron chi connectivity index (χ0n) is 18.8.